The van der Waals surface area contributed by atoms with Crippen LogP contribution in [-0.4, -0.2) is 40.8 Å². The number of halogens is 1. The largest absolute Gasteiger partial charge is 0.481 e. The third-order valence-electron chi connectivity index (χ3n) is 2.91. The van der Waals surface area contributed by atoms with Crippen LogP contribution in [0.3, 0.4) is 0 Å². The van der Waals surface area contributed by atoms with Gasteiger partial charge in [0.2, 0.25) is 5.91 Å². The number of aliphatic carboxylic acids is 1. The molecule has 1 N–H and O–H groups in total. The standard InChI is InChI=1S/C16H18BrNO4/c1-2-10-18(11-9-16(21)22)15(20)8-7-14(19)12-3-5-13(17)6-4-12/h3-8H,2,9-11H2,1H3,(H,21,22)/b8-7+. The number of allylic oxidation sites excluding steroid dienone is 1. The van der Waals surface area contributed by atoms with Crippen molar-refractivity contribution in [1.82, 2.24) is 4.90 Å². The fourth-order valence-electron chi connectivity index (χ4n) is 1.80. The summed E-state index contributed by atoms with van der Waals surface area (Å²) < 4.78 is 0.867. The van der Waals surface area contributed by atoms with Crippen molar-refractivity contribution in [3.63, 3.8) is 0 Å². The maximum Gasteiger partial charge on any atom is 0.305 e. The number of benzene rings is 1. The highest BCUT2D eigenvalue weighted by atomic mass is 79.9. The third-order valence-corrected chi connectivity index (χ3v) is 3.44. The van der Waals surface area contributed by atoms with Gasteiger partial charge in [-0.1, -0.05) is 22.9 Å². The van der Waals surface area contributed by atoms with Crippen LogP contribution in [0.25, 0.3) is 0 Å². The van der Waals surface area contributed by atoms with E-state index < -0.39 is 5.97 Å². The van der Waals surface area contributed by atoms with E-state index in [0.29, 0.717) is 12.1 Å². The van der Waals surface area contributed by atoms with Gasteiger partial charge in [-0.15, -0.1) is 0 Å². The molecule has 0 fully saturated rings. The highest BCUT2D eigenvalue weighted by Crippen LogP contribution is 2.11. The van der Waals surface area contributed by atoms with Crippen molar-refractivity contribution in [2.45, 2.75) is 19.8 Å². The molecule has 1 aromatic carbocycles. The van der Waals surface area contributed by atoms with Crippen LogP contribution in [0.1, 0.15) is 30.1 Å². The van der Waals surface area contributed by atoms with Gasteiger partial charge in [0.15, 0.2) is 5.78 Å². The zero-order valence-electron chi connectivity index (χ0n) is 12.3. The van der Waals surface area contributed by atoms with Crippen molar-refractivity contribution in [2.24, 2.45) is 0 Å². The van der Waals surface area contributed by atoms with E-state index in [1.807, 2.05) is 6.92 Å². The molecule has 5 nitrogen and oxygen atoms in total. The summed E-state index contributed by atoms with van der Waals surface area (Å²) >= 11 is 3.28. The minimum atomic E-state index is -0.955. The molecule has 0 heterocycles. The van der Waals surface area contributed by atoms with Gasteiger partial charge in [-0.05, 0) is 36.8 Å². The van der Waals surface area contributed by atoms with Crippen molar-refractivity contribution in [3.05, 3.63) is 46.5 Å². The lowest BCUT2D eigenvalue weighted by Crippen LogP contribution is -2.32. The number of carboxylic acid groups (broad SMARTS) is 1. The number of rotatable bonds is 8. The molecule has 0 aliphatic heterocycles. The van der Waals surface area contributed by atoms with Gasteiger partial charge in [0.1, 0.15) is 0 Å². The van der Waals surface area contributed by atoms with E-state index in [0.717, 1.165) is 10.9 Å². The molecule has 1 rings (SSSR count). The smallest absolute Gasteiger partial charge is 0.305 e. The molecule has 1 amide bonds. The molecule has 118 valence electrons. The second kappa shape index (κ2) is 9.15. The predicted molar refractivity (Wildman–Crippen MR) is 86.7 cm³/mol. The summed E-state index contributed by atoms with van der Waals surface area (Å²) in [5.41, 5.74) is 0.486. The first-order valence-corrected chi connectivity index (χ1v) is 7.72. The molecule has 0 aliphatic rings. The Hall–Kier alpha value is -1.95. The van der Waals surface area contributed by atoms with E-state index in [9.17, 15) is 14.4 Å². The van der Waals surface area contributed by atoms with Crippen LogP contribution in [-0.2, 0) is 9.59 Å². The first-order chi connectivity index (χ1) is 10.4. The Bertz CT molecular complexity index is 566. The monoisotopic (exact) mass is 367 g/mol. The number of hydrogen-bond acceptors (Lipinski definition) is 3. The molecular weight excluding hydrogens is 350 g/mol. The van der Waals surface area contributed by atoms with Gasteiger partial charge >= 0.3 is 5.97 Å². The summed E-state index contributed by atoms with van der Waals surface area (Å²) in [5, 5.41) is 8.69. The van der Waals surface area contributed by atoms with Crippen molar-refractivity contribution < 1.29 is 19.5 Å². The van der Waals surface area contributed by atoms with Crippen molar-refractivity contribution >= 4 is 33.6 Å². The molecular formula is C16H18BrNO4. The first kappa shape index (κ1) is 18.1. The van der Waals surface area contributed by atoms with E-state index in [1.165, 1.54) is 17.1 Å². The SMILES string of the molecule is CCCN(CCC(=O)O)C(=O)/C=C/C(=O)c1ccc(Br)cc1. The maximum atomic E-state index is 12.0. The molecule has 0 aliphatic carbocycles. The lowest BCUT2D eigenvalue weighted by Gasteiger charge is -2.19. The minimum Gasteiger partial charge on any atom is -0.481 e. The maximum absolute atomic E-state index is 12.0. The van der Waals surface area contributed by atoms with Gasteiger partial charge in [-0.25, -0.2) is 0 Å². The Morgan fingerprint density at radius 3 is 2.32 bits per heavy atom. The van der Waals surface area contributed by atoms with Crippen molar-refractivity contribution in [3.8, 4) is 0 Å². The molecule has 0 saturated heterocycles. The first-order valence-electron chi connectivity index (χ1n) is 6.92. The zero-order chi connectivity index (χ0) is 16.5. The van der Waals surface area contributed by atoms with E-state index in [1.54, 1.807) is 24.3 Å². The second-order valence-electron chi connectivity index (χ2n) is 4.67. The molecule has 0 radical (unpaired) electrons. The van der Waals surface area contributed by atoms with Gasteiger partial charge in [0.05, 0.1) is 6.42 Å². The quantitative estimate of drug-likeness (QED) is 0.566. The van der Waals surface area contributed by atoms with Gasteiger partial charge in [0.25, 0.3) is 0 Å². The molecule has 6 heteroatoms. The molecule has 0 aromatic heterocycles. The van der Waals surface area contributed by atoms with Crippen molar-refractivity contribution in [1.29, 1.82) is 0 Å². The lowest BCUT2D eigenvalue weighted by molar-refractivity contribution is -0.138. The second-order valence-corrected chi connectivity index (χ2v) is 5.59. The molecule has 1 aromatic rings. The van der Waals surface area contributed by atoms with Gasteiger partial charge in [-0.2, -0.15) is 0 Å². The van der Waals surface area contributed by atoms with Crippen LogP contribution >= 0.6 is 15.9 Å². The molecule has 0 atom stereocenters. The Labute approximate surface area is 137 Å². The number of ketones is 1. The summed E-state index contributed by atoms with van der Waals surface area (Å²) in [6.45, 7) is 2.50. The zero-order valence-corrected chi connectivity index (χ0v) is 13.9. The van der Waals surface area contributed by atoms with Crippen molar-refractivity contribution in [2.75, 3.05) is 13.1 Å². The van der Waals surface area contributed by atoms with Gasteiger partial charge in [-0.3, -0.25) is 14.4 Å². The van der Waals surface area contributed by atoms with E-state index >= 15 is 0 Å². The third kappa shape index (κ3) is 6.22. The average Bonchev–Trinajstić information content (AvgIpc) is 2.49. The Kier molecular flexibility index (Phi) is 7.52. The number of hydrogen-bond donors (Lipinski definition) is 1. The van der Waals surface area contributed by atoms with Crippen LogP contribution in [0, 0.1) is 0 Å². The molecule has 22 heavy (non-hydrogen) atoms. The number of carboxylic acids is 1. The fraction of sp³-hybridized carbons (Fsp3) is 0.312. The Balaban J connectivity index is 2.68. The number of carbonyl (C=O) groups is 3. The summed E-state index contributed by atoms with van der Waals surface area (Å²) in [4.78, 5) is 36.0. The van der Waals surface area contributed by atoms with Crippen LogP contribution in [0.4, 0.5) is 0 Å². The highest BCUT2D eigenvalue weighted by Gasteiger charge is 2.12. The molecule has 0 unspecified atom stereocenters. The van der Waals surface area contributed by atoms with E-state index in [4.69, 9.17) is 5.11 Å². The average molecular weight is 368 g/mol. The van der Waals surface area contributed by atoms with Gasteiger partial charge in [0, 0.05) is 29.2 Å². The Morgan fingerprint density at radius 1 is 1.14 bits per heavy atom. The number of amides is 1. The summed E-state index contributed by atoms with van der Waals surface area (Å²) in [7, 11) is 0. The number of nitrogens with zero attached hydrogens (tertiary/aromatic N) is 1. The van der Waals surface area contributed by atoms with Crippen LogP contribution in [0.5, 0.6) is 0 Å². The Morgan fingerprint density at radius 2 is 1.77 bits per heavy atom. The molecule has 0 saturated carbocycles. The summed E-state index contributed by atoms with van der Waals surface area (Å²) in [5.74, 6) is -1.58. The topological polar surface area (TPSA) is 74.7 Å². The van der Waals surface area contributed by atoms with Crippen LogP contribution < -0.4 is 0 Å². The van der Waals surface area contributed by atoms with Crippen LogP contribution in [0.15, 0.2) is 40.9 Å². The van der Waals surface area contributed by atoms with Crippen LogP contribution in [0.2, 0.25) is 0 Å². The fourth-order valence-corrected chi connectivity index (χ4v) is 2.06. The lowest BCUT2D eigenvalue weighted by atomic mass is 10.1. The minimum absolute atomic E-state index is 0.111. The predicted octanol–water partition coefficient (Wildman–Crippen LogP) is 2.90. The summed E-state index contributed by atoms with van der Waals surface area (Å²) in [6, 6.07) is 6.82. The highest BCUT2D eigenvalue weighted by molar-refractivity contribution is 9.10. The van der Waals surface area contributed by atoms with E-state index in [2.05, 4.69) is 15.9 Å². The normalized spacial score (nSPS) is 10.6. The van der Waals surface area contributed by atoms with Gasteiger partial charge < -0.3 is 10.0 Å². The van der Waals surface area contributed by atoms with E-state index in [-0.39, 0.29) is 24.7 Å². The molecule has 0 bridgehead atoms. The number of carbonyl (C=O) groups excluding carboxylic acids is 2. The summed E-state index contributed by atoms with van der Waals surface area (Å²) in [6.07, 6.45) is 3.02. The molecule has 0 spiro atoms.